The first-order valence-electron chi connectivity index (χ1n) is 9.85. The molecule has 30 heavy (non-hydrogen) atoms. The Bertz CT molecular complexity index is 852. The van der Waals surface area contributed by atoms with Gasteiger partial charge in [-0.15, -0.1) is 13.2 Å². The molecule has 2 aromatic rings. The number of benzene rings is 2. The highest BCUT2D eigenvalue weighted by molar-refractivity contribution is 5.71. The maximum Gasteiger partial charge on any atom is 0.573 e. The van der Waals surface area contributed by atoms with E-state index in [1.807, 2.05) is 18.2 Å². The Hall–Kier alpha value is -2.74. The van der Waals surface area contributed by atoms with Crippen molar-refractivity contribution in [3.8, 4) is 11.5 Å². The summed E-state index contributed by atoms with van der Waals surface area (Å²) < 4.78 is 46.4. The second-order valence-corrected chi connectivity index (χ2v) is 7.25. The van der Waals surface area contributed by atoms with Crippen molar-refractivity contribution in [2.24, 2.45) is 0 Å². The highest BCUT2D eigenvalue weighted by Gasteiger charge is 2.30. The van der Waals surface area contributed by atoms with Gasteiger partial charge >= 0.3 is 12.3 Å². The highest BCUT2D eigenvalue weighted by Crippen LogP contribution is 2.32. The molecule has 3 rings (SSSR count). The van der Waals surface area contributed by atoms with Gasteiger partial charge in [0, 0.05) is 6.54 Å². The fourth-order valence-corrected chi connectivity index (χ4v) is 3.58. The smallest absolute Gasteiger partial charge is 0.490 e. The lowest BCUT2D eigenvalue weighted by atomic mass is 9.94. The summed E-state index contributed by atoms with van der Waals surface area (Å²) in [5.74, 6) is -0.300. The minimum absolute atomic E-state index is 0.00439. The number of carboxylic acids is 1. The van der Waals surface area contributed by atoms with Crippen LogP contribution in [-0.2, 0) is 24.2 Å². The van der Waals surface area contributed by atoms with E-state index in [0.29, 0.717) is 6.54 Å². The van der Waals surface area contributed by atoms with Crippen LogP contribution in [0.3, 0.4) is 0 Å². The van der Waals surface area contributed by atoms with Crippen molar-refractivity contribution in [3.05, 3.63) is 59.2 Å². The van der Waals surface area contributed by atoms with Gasteiger partial charge in [-0.25, -0.2) is 0 Å². The van der Waals surface area contributed by atoms with Crippen molar-refractivity contribution >= 4 is 5.97 Å². The number of alkyl halides is 3. The van der Waals surface area contributed by atoms with Gasteiger partial charge in [-0.3, -0.25) is 4.79 Å². The third-order valence-corrected chi connectivity index (χ3v) is 4.95. The van der Waals surface area contributed by atoms with Crippen molar-refractivity contribution < 1.29 is 32.5 Å². The maximum absolute atomic E-state index is 12.2. The first-order chi connectivity index (χ1) is 14.3. The predicted molar refractivity (Wildman–Crippen MR) is 105 cm³/mol. The van der Waals surface area contributed by atoms with Gasteiger partial charge in [0.2, 0.25) is 0 Å². The molecule has 1 aliphatic rings. The third-order valence-electron chi connectivity index (χ3n) is 4.95. The highest BCUT2D eigenvalue weighted by atomic mass is 19.4. The summed E-state index contributed by atoms with van der Waals surface area (Å²) in [6, 6.07) is 11.4. The van der Waals surface area contributed by atoms with Gasteiger partial charge < -0.3 is 19.9 Å². The lowest BCUT2D eigenvalue weighted by Crippen LogP contribution is -2.25. The van der Waals surface area contributed by atoms with Gasteiger partial charge in [0.15, 0.2) is 0 Å². The number of nitrogens with one attached hydrogen (secondary N) is 1. The minimum atomic E-state index is -4.68. The number of halogens is 3. The number of hydrogen-bond donors (Lipinski definition) is 2. The molecule has 162 valence electrons. The largest absolute Gasteiger partial charge is 0.573 e. The number of ether oxygens (including phenoxy) is 2. The van der Waals surface area contributed by atoms with E-state index in [1.54, 1.807) is 12.1 Å². The molecule has 0 amide bonds. The van der Waals surface area contributed by atoms with Crippen molar-refractivity contribution in [2.45, 2.75) is 51.1 Å². The third kappa shape index (κ3) is 6.66. The molecule has 1 unspecified atom stereocenters. The lowest BCUT2D eigenvalue weighted by Gasteiger charge is -2.27. The van der Waals surface area contributed by atoms with E-state index in [9.17, 15) is 18.0 Å². The van der Waals surface area contributed by atoms with Crippen LogP contribution in [0.5, 0.6) is 11.5 Å². The summed E-state index contributed by atoms with van der Waals surface area (Å²) in [4.78, 5) is 11.0. The van der Waals surface area contributed by atoms with E-state index in [4.69, 9.17) is 9.84 Å². The summed E-state index contributed by atoms with van der Waals surface area (Å²) in [7, 11) is 0. The summed E-state index contributed by atoms with van der Waals surface area (Å²) in [6.07, 6.45) is -1.16. The molecule has 0 saturated carbocycles. The summed E-state index contributed by atoms with van der Waals surface area (Å²) in [5.41, 5.74) is 2.68. The van der Waals surface area contributed by atoms with E-state index in [1.165, 1.54) is 12.1 Å². The topological polar surface area (TPSA) is 67.8 Å². The standard InChI is InChI=1S/C22H24F3NO4/c23-22(24,25)30-18-8-6-15(7-9-18)14-26-12-2-4-17-10-11-19-16(13-21(27)28)3-1-5-20(19)29-17/h1,3,5-9,17,26H,2,4,10-14H2,(H,27,28). The number of fused-ring (bicyclic) bond motifs is 1. The van der Waals surface area contributed by atoms with Gasteiger partial charge in [0.05, 0.1) is 12.5 Å². The van der Waals surface area contributed by atoms with E-state index in [2.05, 4.69) is 10.1 Å². The predicted octanol–water partition coefficient (Wildman–Crippen LogP) is 4.48. The van der Waals surface area contributed by atoms with Crippen molar-refractivity contribution in [2.75, 3.05) is 6.54 Å². The molecule has 2 aromatic carbocycles. The summed E-state index contributed by atoms with van der Waals surface area (Å²) >= 11 is 0. The van der Waals surface area contributed by atoms with Gasteiger partial charge in [-0.05, 0) is 67.1 Å². The monoisotopic (exact) mass is 423 g/mol. The van der Waals surface area contributed by atoms with Crippen LogP contribution < -0.4 is 14.8 Å². The number of carboxylic acid groups (broad SMARTS) is 1. The SMILES string of the molecule is O=C(O)Cc1cccc2c1CCC(CCCNCc1ccc(OC(F)(F)F)cc1)O2. The molecule has 1 heterocycles. The summed E-state index contributed by atoms with van der Waals surface area (Å²) in [5, 5.41) is 12.3. The molecule has 1 atom stereocenters. The van der Waals surface area contributed by atoms with E-state index < -0.39 is 12.3 Å². The molecule has 0 radical (unpaired) electrons. The van der Waals surface area contributed by atoms with Crippen LogP contribution in [0, 0.1) is 0 Å². The van der Waals surface area contributed by atoms with Crippen LogP contribution in [0.2, 0.25) is 0 Å². The molecule has 0 fully saturated rings. The second kappa shape index (κ2) is 9.84. The Morgan fingerprint density at radius 3 is 2.67 bits per heavy atom. The number of carbonyl (C=O) groups is 1. The molecule has 2 N–H and O–H groups in total. The zero-order valence-corrected chi connectivity index (χ0v) is 16.4. The first kappa shape index (κ1) is 22.0. The number of rotatable bonds is 9. The fraction of sp³-hybridized carbons (Fsp3) is 0.409. The molecular formula is C22H24F3NO4. The van der Waals surface area contributed by atoms with Crippen molar-refractivity contribution in [1.29, 1.82) is 0 Å². The Morgan fingerprint density at radius 2 is 1.97 bits per heavy atom. The van der Waals surface area contributed by atoms with Crippen LogP contribution in [0.4, 0.5) is 13.2 Å². The van der Waals surface area contributed by atoms with Crippen LogP contribution >= 0.6 is 0 Å². The molecular weight excluding hydrogens is 399 g/mol. The van der Waals surface area contributed by atoms with Gasteiger partial charge in [0.25, 0.3) is 0 Å². The van der Waals surface area contributed by atoms with Crippen molar-refractivity contribution in [3.63, 3.8) is 0 Å². The van der Waals surface area contributed by atoms with Crippen LogP contribution in [0.1, 0.15) is 36.0 Å². The molecule has 0 saturated heterocycles. The Labute approximate surface area is 172 Å². The Balaban J connectivity index is 1.38. The minimum Gasteiger partial charge on any atom is -0.490 e. The zero-order chi connectivity index (χ0) is 21.6. The van der Waals surface area contributed by atoms with Crippen LogP contribution in [-0.4, -0.2) is 30.1 Å². The normalized spacial score (nSPS) is 15.9. The molecule has 0 aromatic heterocycles. The van der Waals surface area contributed by atoms with Crippen LogP contribution in [0.25, 0.3) is 0 Å². The molecule has 5 nitrogen and oxygen atoms in total. The maximum atomic E-state index is 12.2. The molecule has 1 aliphatic heterocycles. The van der Waals surface area contributed by atoms with Gasteiger partial charge in [0.1, 0.15) is 11.5 Å². The van der Waals surface area contributed by atoms with Crippen LogP contribution in [0.15, 0.2) is 42.5 Å². The average molecular weight is 423 g/mol. The van der Waals surface area contributed by atoms with Gasteiger partial charge in [-0.2, -0.15) is 0 Å². The van der Waals surface area contributed by atoms with E-state index in [-0.39, 0.29) is 18.3 Å². The summed E-state index contributed by atoms with van der Waals surface area (Å²) in [6.45, 7) is 1.31. The fourth-order valence-electron chi connectivity index (χ4n) is 3.58. The Morgan fingerprint density at radius 1 is 1.20 bits per heavy atom. The molecule has 0 spiro atoms. The average Bonchev–Trinajstić information content (AvgIpc) is 2.67. The van der Waals surface area contributed by atoms with E-state index in [0.717, 1.165) is 54.7 Å². The van der Waals surface area contributed by atoms with Gasteiger partial charge in [-0.1, -0.05) is 24.3 Å². The number of hydrogen-bond acceptors (Lipinski definition) is 4. The quantitative estimate of drug-likeness (QED) is 0.583. The second-order valence-electron chi connectivity index (χ2n) is 7.25. The molecule has 0 bridgehead atoms. The first-order valence-corrected chi connectivity index (χ1v) is 9.85. The Kier molecular flexibility index (Phi) is 7.20. The number of aliphatic carboxylic acids is 1. The zero-order valence-electron chi connectivity index (χ0n) is 16.4. The molecule has 8 heteroatoms. The van der Waals surface area contributed by atoms with E-state index >= 15 is 0 Å². The lowest BCUT2D eigenvalue weighted by molar-refractivity contribution is -0.274. The molecule has 0 aliphatic carbocycles. The van der Waals surface area contributed by atoms with Crippen molar-refractivity contribution in [1.82, 2.24) is 5.32 Å².